The summed E-state index contributed by atoms with van der Waals surface area (Å²) in [5.41, 5.74) is 3.02. The summed E-state index contributed by atoms with van der Waals surface area (Å²) in [4.78, 5) is 38.2. The summed E-state index contributed by atoms with van der Waals surface area (Å²) in [6.45, 7) is 3.28. The van der Waals surface area contributed by atoms with Crippen molar-refractivity contribution in [3.63, 3.8) is 0 Å². The number of fused-ring (bicyclic) bond motifs is 1. The van der Waals surface area contributed by atoms with Gasteiger partial charge in [0.2, 0.25) is 0 Å². The number of hydrogen-bond acceptors (Lipinski definition) is 7. The van der Waals surface area contributed by atoms with Gasteiger partial charge in [0.15, 0.2) is 5.82 Å². The van der Waals surface area contributed by atoms with Crippen molar-refractivity contribution in [3.05, 3.63) is 72.6 Å². The third kappa shape index (κ3) is 3.75. The van der Waals surface area contributed by atoms with Crippen LogP contribution in [-0.4, -0.2) is 54.9 Å². The van der Waals surface area contributed by atoms with Crippen molar-refractivity contribution in [1.82, 2.24) is 29.8 Å². The number of amides is 1. The molecule has 1 saturated carbocycles. The Hall–Kier alpha value is -3.94. The van der Waals surface area contributed by atoms with Crippen LogP contribution in [-0.2, 0) is 0 Å². The minimum Gasteiger partial charge on any atom is -0.367 e. The first-order chi connectivity index (χ1) is 16.6. The Morgan fingerprint density at radius 1 is 1.03 bits per heavy atom. The third-order valence-corrected chi connectivity index (χ3v) is 6.91. The highest BCUT2D eigenvalue weighted by Gasteiger charge is 2.53. The first-order valence-corrected chi connectivity index (χ1v) is 11.6. The molecule has 8 nitrogen and oxygen atoms in total. The second kappa shape index (κ2) is 8.13. The van der Waals surface area contributed by atoms with E-state index < -0.39 is 0 Å². The molecule has 1 aliphatic heterocycles. The average molecular weight is 452 g/mol. The Balaban J connectivity index is 1.30. The van der Waals surface area contributed by atoms with E-state index >= 15 is 0 Å². The lowest BCUT2D eigenvalue weighted by atomic mass is 10.0. The van der Waals surface area contributed by atoms with Gasteiger partial charge in [-0.3, -0.25) is 9.78 Å². The number of aromatic nitrogens is 5. The lowest BCUT2D eigenvalue weighted by molar-refractivity contribution is 0.0732. The zero-order valence-electron chi connectivity index (χ0n) is 19.0. The molecule has 0 radical (unpaired) electrons. The van der Waals surface area contributed by atoms with E-state index in [0.29, 0.717) is 23.6 Å². The molecule has 1 N–H and O–H groups in total. The molecular formula is C26H25N7O. The van der Waals surface area contributed by atoms with Crippen LogP contribution in [0.5, 0.6) is 0 Å². The third-order valence-electron chi connectivity index (χ3n) is 6.91. The molecule has 1 atom stereocenters. The number of hydrogen-bond donors (Lipinski definition) is 1. The highest BCUT2D eigenvalue weighted by atomic mass is 16.2. The molecule has 2 aliphatic rings. The topological polar surface area (TPSA) is 96.8 Å². The van der Waals surface area contributed by atoms with Gasteiger partial charge in [-0.05, 0) is 68.0 Å². The van der Waals surface area contributed by atoms with Crippen LogP contribution in [0, 0.1) is 12.3 Å². The Bertz CT molecular complexity index is 1360. The Kier molecular flexibility index (Phi) is 4.94. The molecule has 170 valence electrons. The predicted octanol–water partition coefficient (Wildman–Crippen LogP) is 3.90. The molecule has 34 heavy (non-hydrogen) atoms. The zero-order valence-corrected chi connectivity index (χ0v) is 19.0. The van der Waals surface area contributed by atoms with Gasteiger partial charge in [-0.2, -0.15) is 0 Å². The quantitative estimate of drug-likeness (QED) is 0.492. The van der Waals surface area contributed by atoms with E-state index in [0.717, 1.165) is 35.4 Å². The van der Waals surface area contributed by atoms with E-state index in [4.69, 9.17) is 0 Å². The summed E-state index contributed by atoms with van der Waals surface area (Å²) in [5.74, 6) is 1.25. The molecule has 1 amide bonds. The number of likely N-dealkylation sites (tertiary alicyclic amines) is 1. The first kappa shape index (κ1) is 20.7. The molecule has 2 fully saturated rings. The highest BCUT2D eigenvalue weighted by Crippen LogP contribution is 2.55. The SMILES string of the molecule is Cc1ccc(-c2ncccn2)c(C(=O)N2CC3(CC3)CC2CNc2nccc3ncccc23)n1. The average Bonchev–Trinajstić information content (AvgIpc) is 3.53. The van der Waals surface area contributed by atoms with E-state index in [9.17, 15) is 4.79 Å². The van der Waals surface area contributed by atoms with Crippen LogP contribution in [0.1, 0.15) is 35.4 Å². The molecule has 4 aromatic heterocycles. The van der Waals surface area contributed by atoms with Crippen molar-refractivity contribution in [2.24, 2.45) is 5.41 Å². The Labute approximate surface area is 197 Å². The van der Waals surface area contributed by atoms with Gasteiger partial charge >= 0.3 is 0 Å². The summed E-state index contributed by atoms with van der Waals surface area (Å²) in [7, 11) is 0. The van der Waals surface area contributed by atoms with Crippen LogP contribution in [0.4, 0.5) is 5.82 Å². The number of nitrogens with one attached hydrogen (secondary N) is 1. The summed E-state index contributed by atoms with van der Waals surface area (Å²) < 4.78 is 0. The van der Waals surface area contributed by atoms with Gasteiger partial charge in [-0.15, -0.1) is 0 Å². The molecule has 0 aromatic carbocycles. The maximum atomic E-state index is 13.9. The van der Waals surface area contributed by atoms with Crippen LogP contribution in [0.3, 0.4) is 0 Å². The van der Waals surface area contributed by atoms with Crippen molar-refractivity contribution >= 4 is 22.6 Å². The molecule has 1 aliphatic carbocycles. The molecular weight excluding hydrogens is 426 g/mol. The fraction of sp³-hybridized carbons (Fsp3) is 0.308. The molecule has 6 rings (SSSR count). The fourth-order valence-electron chi connectivity index (χ4n) is 4.96. The fourth-order valence-corrected chi connectivity index (χ4v) is 4.96. The molecule has 4 aromatic rings. The molecule has 1 unspecified atom stereocenters. The zero-order chi connectivity index (χ0) is 23.1. The molecule has 1 spiro atoms. The van der Waals surface area contributed by atoms with Gasteiger partial charge in [0, 0.05) is 55.0 Å². The molecule has 8 heteroatoms. The minimum absolute atomic E-state index is 0.0515. The number of anilines is 1. The van der Waals surface area contributed by atoms with Crippen LogP contribution < -0.4 is 5.32 Å². The van der Waals surface area contributed by atoms with E-state index in [1.54, 1.807) is 30.9 Å². The highest BCUT2D eigenvalue weighted by molar-refractivity contribution is 5.98. The number of carbonyl (C=O) groups excluding carboxylic acids is 1. The van der Waals surface area contributed by atoms with Crippen LogP contribution >= 0.6 is 0 Å². The smallest absolute Gasteiger partial charge is 0.273 e. The minimum atomic E-state index is -0.0609. The number of aryl methyl sites for hydroxylation is 1. The van der Waals surface area contributed by atoms with Gasteiger partial charge in [0.05, 0.1) is 11.1 Å². The van der Waals surface area contributed by atoms with Crippen molar-refractivity contribution in [2.45, 2.75) is 32.2 Å². The molecule has 5 heterocycles. The monoisotopic (exact) mass is 451 g/mol. The van der Waals surface area contributed by atoms with Crippen LogP contribution in [0.15, 0.2) is 61.2 Å². The lowest BCUT2D eigenvalue weighted by Gasteiger charge is -2.26. The van der Waals surface area contributed by atoms with Gasteiger partial charge < -0.3 is 10.2 Å². The van der Waals surface area contributed by atoms with Crippen molar-refractivity contribution in [2.75, 3.05) is 18.4 Å². The predicted molar refractivity (Wildman–Crippen MR) is 129 cm³/mol. The summed E-state index contributed by atoms with van der Waals surface area (Å²) in [6.07, 6.45) is 10.2. The van der Waals surface area contributed by atoms with Gasteiger partial charge in [0.1, 0.15) is 11.5 Å². The van der Waals surface area contributed by atoms with E-state index in [2.05, 4.69) is 30.2 Å². The second-order valence-electron chi connectivity index (χ2n) is 9.32. The van der Waals surface area contributed by atoms with Gasteiger partial charge in [-0.1, -0.05) is 0 Å². The second-order valence-corrected chi connectivity index (χ2v) is 9.32. The number of pyridine rings is 3. The molecule has 1 saturated heterocycles. The summed E-state index contributed by atoms with van der Waals surface area (Å²) in [6, 6.07) is 11.4. The molecule has 0 bridgehead atoms. The number of nitrogens with zero attached hydrogens (tertiary/aromatic N) is 6. The van der Waals surface area contributed by atoms with Crippen molar-refractivity contribution < 1.29 is 4.79 Å². The Morgan fingerprint density at radius 2 is 1.85 bits per heavy atom. The summed E-state index contributed by atoms with van der Waals surface area (Å²) >= 11 is 0. The normalized spacial score (nSPS) is 18.4. The maximum absolute atomic E-state index is 13.9. The number of carbonyl (C=O) groups is 1. The van der Waals surface area contributed by atoms with E-state index in [1.165, 1.54) is 12.8 Å². The summed E-state index contributed by atoms with van der Waals surface area (Å²) in [5, 5.41) is 4.48. The maximum Gasteiger partial charge on any atom is 0.273 e. The van der Waals surface area contributed by atoms with Crippen molar-refractivity contribution in [3.8, 4) is 11.4 Å². The van der Waals surface area contributed by atoms with Gasteiger partial charge in [-0.25, -0.2) is 19.9 Å². The van der Waals surface area contributed by atoms with Crippen LogP contribution in [0.25, 0.3) is 22.3 Å². The largest absolute Gasteiger partial charge is 0.367 e. The van der Waals surface area contributed by atoms with Crippen molar-refractivity contribution in [1.29, 1.82) is 0 Å². The Morgan fingerprint density at radius 3 is 2.68 bits per heavy atom. The van der Waals surface area contributed by atoms with Gasteiger partial charge in [0.25, 0.3) is 5.91 Å². The van der Waals surface area contributed by atoms with E-state index in [1.807, 2.05) is 42.2 Å². The lowest BCUT2D eigenvalue weighted by Crippen LogP contribution is -2.40. The first-order valence-electron chi connectivity index (χ1n) is 11.6. The standard InChI is InChI=1S/C26H25N7O/c1-17-5-6-20(24-28-11-3-12-29-24)22(32-17)25(34)33-16-26(8-9-26)14-18(33)15-31-23-19-4-2-10-27-21(19)7-13-30-23/h2-7,10-13,18H,8-9,14-16H2,1H3,(H,30,31). The number of rotatable bonds is 5. The van der Waals surface area contributed by atoms with Crippen LogP contribution in [0.2, 0.25) is 0 Å². The van der Waals surface area contributed by atoms with E-state index in [-0.39, 0.29) is 17.4 Å².